The molecule has 0 aliphatic carbocycles. The summed E-state index contributed by atoms with van der Waals surface area (Å²) in [6, 6.07) is 17.0. The van der Waals surface area contributed by atoms with Crippen LogP contribution in [0.1, 0.15) is 17.5 Å². The molecule has 0 amide bonds. The molecule has 1 atom stereocenters. The average molecular weight is 391 g/mol. The molecule has 3 rings (SSSR count). The summed E-state index contributed by atoms with van der Waals surface area (Å²) >= 11 is 0. The SMILES string of the molecule is Cc1ccc(S(=O)(=O)N(CCF)CC2CCN(Cc3ccccc3)C2)cc1. The van der Waals surface area contributed by atoms with E-state index in [1.807, 2.05) is 25.1 Å². The van der Waals surface area contributed by atoms with Gasteiger partial charge in [-0.3, -0.25) is 4.90 Å². The zero-order chi connectivity index (χ0) is 19.3. The molecular weight excluding hydrogens is 363 g/mol. The highest BCUT2D eigenvalue weighted by molar-refractivity contribution is 7.89. The molecule has 0 N–H and O–H groups in total. The van der Waals surface area contributed by atoms with Gasteiger partial charge in [0.2, 0.25) is 10.0 Å². The second-order valence-electron chi connectivity index (χ2n) is 7.24. The third-order valence-corrected chi connectivity index (χ3v) is 6.95. The number of hydrogen-bond donors (Lipinski definition) is 0. The minimum atomic E-state index is -3.67. The zero-order valence-electron chi connectivity index (χ0n) is 15.7. The first-order valence-electron chi connectivity index (χ1n) is 9.38. The van der Waals surface area contributed by atoms with Crippen molar-refractivity contribution < 1.29 is 12.8 Å². The van der Waals surface area contributed by atoms with Crippen LogP contribution >= 0.6 is 0 Å². The van der Waals surface area contributed by atoms with Crippen molar-refractivity contribution in [3.63, 3.8) is 0 Å². The first-order valence-corrected chi connectivity index (χ1v) is 10.8. The molecule has 2 aromatic rings. The number of aryl methyl sites for hydroxylation is 1. The van der Waals surface area contributed by atoms with E-state index in [4.69, 9.17) is 0 Å². The van der Waals surface area contributed by atoms with Gasteiger partial charge in [-0.2, -0.15) is 4.31 Å². The molecule has 1 aliphatic heterocycles. The summed E-state index contributed by atoms with van der Waals surface area (Å²) in [5, 5.41) is 0. The minimum absolute atomic E-state index is 0.0919. The van der Waals surface area contributed by atoms with Crippen molar-refractivity contribution in [2.24, 2.45) is 5.92 Å². The molecule has 1 aliphatic rings. The van der Waals surface area contributed by atoms with Gasteiger partial charge < -0.3 is 0 Å². The van der Waals surface area contributed by atoms with Gasteiger partial charge in [0.1, 0.15) is 6.67 Å². The smallest absolute Gasteiger partial charge is 0.243 e. The highest BCUT2D eigenvalue weighted by Gasteiger charge is 2.30. The average Bonchev–Trinajstić information content (AvgIpc) is 3.09. The lowest BCUT2D eigenvalue weighted by molar-refractivity contribution is 0.285. The van der Waals surface area contributed by atoms with Gasteiger partial charge >= 0.3 is 0 Å². The molecule has 2 aromatic carbocycles. The van der Waals surface area contributed by atoms with E-state index in [2.05, 4.69) is 17.0 Å². The third kappa shape index (κ3) is 5.15. The molecule has 0 aromatic heterocycles. The fraction of sp³-hybridized carbons (Fsp3) is 0.429. The van der Waals surface area contributed by atoms with Gasteiger partial charge in [0.15, 0.2) is 0 Å². The van der Waals surface area contributed by atoms with E-state index in [1.54, 1.807) is 24.3 Å². The Kier molecular flexibility index (Phi) is 6.63. The predicted molar refractivity (Wildman–Crippen MR) is 106 cm³/mol. The van der Waals surface area contributed by atoms with Gasteiger partial charge in [0.25, 0.3) is 0 Å². The lowest BCUT2D eigenvalue weighted by atomic mass is 10.1. The van der Waals surface area contributed by atoms with Gasteiger partial charge in [0.05, 0.1) is 4.90 Å². The summed E-state index contributed by atoms with van der Waals surface area (Å²) in [5.41, 5.74) is 2.25. The molecule has 146 valence electrons. The van der Waals surface area contributed by atoms with Crippen LogP contribution < -0.4 is 0 Å². The monoisotopic (exact) mass is 390 g/mol. The lowest BCUT2D eigenvalue weighted by Crippen LogP contribution is -2.37. The Morgan fingerprint density at radius 2 is 1.81 bits per heavy atom. The largest absolute Gasteiger partial charge is 0.299 e. The summed E-state index contributed by atoms with van der Waals surface area (Å²) in [5.74, 6) is 0.223. The molecule has 1 heterocycles. The van der Waals surface area contributed by atoms with Crippen molar-refractivity contribution >= 4 is 10.0 Å². The van der Waals surface area contributed by atoms with Crippen LogP contribution in [0.15, 0.2) is 59.5 Å². The third-order valence-electron chi connectivity index (χ3n) is 5.07. The van der Waals surface area contributed by atoms with E-state index < -0.39 is 16.7 Å². The van der Waals surface area contributed by atoms with Gasteiger partial charge in [-0.25, -0.2) is 12.8 Å². The molecule has 27 heavy (non-hydrogen) atoms. The van der Waals surface area contributed by atoms with Crippen LogP contribution in [0.2, 0.25) is 0 Å². The quantitative estimate of drug-likeness (QED) is 0.693. The summed E-state index contributed by atoms with van der Waals surface area (Å²) in [7, 11) is -3.67. The normalized spacial score (nSPS) is 18.3. The van der Waals surface area contributed by atoms with Crippen LogP contribution in [0.4, 0.5) is 4.39 Å². The molecule has 0 spiro atoms. The number of halogens is 1. The maximum Gasteiger partial charge on any atom is 0.243 e. The van der Waals surface area contributed by atoms with Crippen LogP contribution in [-0.4, -0.2) is 50.5 Å². The second-order valence-corrected chi connectivity index (χ2v) is 9.18. The highest BCUT2D eigenvalue weighted by Crippen LogP contribution is 2.23. The summed E-state index contributed by atoms with van der Waals surface area (Å²) in [6.45, 7) is 4.15. The van der Waals surface area contributed by atoms with E-state index in [9.17, 15) is 12.8 Å². The molecule has 4 nitrogen and oxygen atoms in total. The van der Waals surface area contributed by atoms with E-state index in [0.29, 0.717) is 6.54 Å². The van der Waals surface area contributed by atoms with E-state index in [0.717, 1.165) is 31.6 Å². The fourth-order valence-electron chi connectivity index (χ4n) is 3.60. The maximum atomic E-state index is 13.1. The summed E-state index contributed by atoms with van der Waals surface area (Å²) < 4.78 is 40.3. The minimum Gasteiger partial charge on any atom is -0.299 e. The van der Waals surface area contributed by atoms with Gasteiger partial charge in [-0.05, 0) is 43.5 Å². The molecule has 0 bridgehead atoms. The van der Waals surface area contributed by atoms with Crippen molar-refractivity contribution in [1.82, 2.24) is 9.21 Å². The second kappa shape index (κ2) is 8.95. The fourth-order valence-corrected chi connectivity index (χ4v) is 5.09. The van der Waals surface area contributed by atoms with E-state index in [1.165, 1.54) is 9.87 Å². The maximum absolute atomic E-state index is 13.1. The van der Waals surface area contributed by atoms with Crippen molar-refractivity contribution in [2.45, 2.75) is 24.8 Å². The first-order chi connectivity index (χ1) is 13.0. The van der Waals surface area contributed by atoms with E-state index in [-0.39, 0.29) is 17.4 Å². The van der Waals surface area contributed by atoms with Crippen LogP contribution in [-0.2, 0) is 16.6 Å². The Bertz CT molecular complexity index is 825. The molecule has 1 unspecified atom stereocenters. The number of benzene rings is 2. The van der Waals surface area contributed by atoms with Gasteiger partial charge in [0, 0.05) is 26.2 Å². The van der Waals surface area contributed by atoms with Crippen molar-refractivity contribution in [1.29, 1.82) is 0 Å². The zero-order valence-corrected chi connectivity index (χ0v) is 16.5. The standard InChI is InChI=1S/C21H27FN2O2S/c1-18-7-9-21(10-8-18)27(25,26)24(14-12-22)17-20-11-13-23(16-20)15-19-5-3-2-4-6-19/h2-10,20H,11-17H2,1H3. The van der Waals surface area contributed by atoms with Crippen LogP contribution in [0, 0.1) is 12.8 Å². The molecular formula is C21H27FN2O2S. The Hall–Kier alpha value is -1.76. The summed E-state index contributed by atoms with van der Waals surface area (Å²) in [4.78, 5) is 2.58. The Morgan fingerprint density at radius 1 is 1.11 bits per heavy atom. The number of sulfonamides is 1. The Balaban J connectivity index is 1.65. The number of likely N-dealkylation sites (tertiary alicyclic amines) is 1. The van der Waals surface area contributed by atoms with Crippen LogP contribution in [0.25, 0.3) is 0 Å². The van der Waals surface area contributed by atoms with Crippen molar-refractivity contribution in [3.05, 3.63) is 65.7 Å². The van der Waals surface area contributed by atoms with Gasteiger partial charge in [-0.1, -0.05) is 48.0 Å². The van der Waals surface area contributed by atoms with Crippen LogP contribution in [0.5, 0.6) is 0 Å². The van der Waals surface area contributed by atoms with Crippen molar-refractivity contribution in [2.75, 3.05) is 32.9 Å². The number of alkyl halides is 1. The van der Waals surface area contributed by atoms with Crippen molar-refractivity contribution in [3.8, 4) is 0 Å². The lowest BCUT2D eigenvalue weighted by Gasteiger charge is -2.24. The van der Waals surface area contributed by atoms with Gasteiger partial charge in [-0.15, -0.1) is 0 Å². The Labute approximate surface area is 161 Å². The number of hydrogen-bond acceptors (Lipinski definition) is 3. The molecule has 1 fully saturated rings. The first kappa shape index (κ1) is 20.0. The Morgan fingerprint density at radius 3 is 2.48 bits per heavy atom. The molecule has 0 saturated carbocycles. The topological polar surface area (TPSA) is 40.6 Å². The van der Waals surface area contributed by atoms with Crippen LogP contribution in [0.3, 0.4) is 0 Å². The van der Waals surface area contributed by atoms with E-state index >= 15 is 0 Å². The molecule has 0 radical (unpaired) electrons. The summed E-state index contributed by atoms with van der Waals surface area (Å²) in [6.07, 6.45) is 0.930. The highest BCUT2D eigenvalue weighted by atomic mass is 32.2. The predicted octanol–water partition coefficient (Wildman–Crippen LogP) is 3.48. The molecule has 1 saturated heterocycles. The molecule has 6 heteroatoms. The number of nitrogens with zero attached hydrogens (tertiary/aromatic N) is 2. The number of rotatable bonds is 8.